The lowest BCUT2D eigenvalue weighted by Crippen LogP contribution is -2.23. The van der Waals surface area contributed by atoms with Crippen molar-refractivity contribution in [3.05, 3.63) is 64.7 Å². The van der Waals surface area contributed by atoms with Crippen molar-refractivity contribution >= 4 is 11.6 Å². The Balaban J connectivity index is 2.17. The van der Waals surface area contributed by atoms with E-state index >= 15 is 0 Å². The van der Waals surface area contributed by atoms with Gasteiger partial charge in [0.25, 0.3) is 0 Å². The van der Waals surface area contributed by atoms with E-state index in [0.717, 1.165) is 17.1 Å². The van der Waals surface area contributed by atoms with Crippen molar-refractivity contribution in [2.45, 2.75) is 32.2 Å². The molecule has 0 saturated heterocycles. The molecule has 0 aromatic heterocycles. The van der Waals surface area contributed by atoms with Crippen LogP contribution in [0.5, 0.6) is 5.75 Å². The van der Waals surface area contributed by atoms with Gasteiger partial charge in [-0.25, -0.2) is 0 Å². The van der Waals surface area contributed by atoms with Crippen molar-refractivity contribution < 1.29 is 5.11 Å². The fraction of sp³-hybridized carbons (Fsp3) is 0.333. The fourth-order valence-corrected chi connectivity index (χ4v) is 2.50. The summed E-state index contributed by atoms with van der Waals surface area (Å²) in [6.45, 7) is 3.18. The van der Waals surface area contributed by atoms with Gasteiger partial charge in [-0.3, -0.25) is 0 Å². The average Bonchev–Trinajstić information content (AvgIpc) is 2.50. The second-order valence-electron chi connectivity index (χ2n) is 5.24. The molecular formula is C18H22ClNO. The highest BCUT2D eigenvalue weighted by Gasteiger charge is 2.13. The number of unbranched alkanes of at least 4 members (excludes halogenated alkanes) is 2. The number of nitrogens with one attached hydrogen (secondary N) is 1. The third kappa shape index (κ3) is 4.76. The number of halogens is 1. The van der Waals surface area contributed by atoms with Gasteiger partial charge in [0.2, 0.25) is 0 Å². The molecule has 2 N–H and O–H groups in total. The van der Waals surface area contributed by atoms with Crippen molar-refractivity contribution in [2.24, 2.45) is 0 Å². The van der Waals surface area contributed by atoms with Crippen LogP contribution < -0.4 is 5.32 Å². The summed E-state index contributed by atoms with van der Waals surface area (Å²) in [6, 6.07) is 15.4. The Labute approximate surface area is 131 Å². The zero-order valence-electron chi connectivity index (χ0n) is 12.3. The van der Waals surface area contributed by atoms with Crippen molar-refractivity contribution in [1.29, 1.82) is 0 Å². The largest absolute Gasteiger partial charge is 0.508 e. The van der Waals surface area contributed by atoms with Gasteiger partial charge in [0.15, 0.2) is 0 Å². The maximum Gasteiger partial charge on any atom is 0.115 e. The van der Waals surface area contributed by atoms with Crippen LogP contribution in [0.15, 0.2) is 48.5 Å². The predicted octanol–water partition coefficient (Wildman–Crippen LogP) is 4.91. The standard InChI is InChI=1S/C18H22ClNO/c1-2-3-4-13-20-18(14-5-9-16(19)10-6-14)15-7-11-17(21)12-8-15/h5-12,18,20-21H,2-4,13H2,1H3. The highest BCUT2D eigenvalue weighted by atomic mass is 35.5. The van der Waals surface area contributed by atoms with Crippen LogP contribution in [0.2, 0.25) is 5.02 Å². The number of rotatable bonds is 7. The summed E-state index contributed by atoms with van der Waals surface area (Å²) in [6.07, 6.45) is 3.61. The maximum absolute atomic E-state index is 9.45. The lowest BCUT2D eigenvalue weighted by Gasteiger charge is -2.20. The lowest BCUT2D eigenvalue weighted by molar-refractivity contribution is 0.474. The van der Waals surface area contributed by atoms with Gasteiger partial charge >= 0.3 is 0 Å². The van der Waals surface area contributed by atoms with E-state index < -0.39 is 0 Å². The van der Waals surface area contributed by atoms with E-state index in [4.69, 9.17) is 11.6 Å². The van der Waals surface area contributed by atoms with Crippen molar-refractivity contribution in [2.75, 3.05) is 6.54 Å². The zero-order valence-corrected chi connectivity index (χ0v) is 13.1. The first-order valence-electron chi connectivity index (χ1n) is 7.48. The molecule has 0 spiro atoms. The lowest BCUT2D eigenvalue weighted by atomic mass is 9.98. The van der Waals surface area contributed by atoms with Crippen molar-refractivity contribution in [3.63, 3.8) is 0 Å². The minimum absolute atomic E-state index is 0.125. The van der Waals surface area contributed by atoms with Crippen molar-refractivity contribution in [3.8, 4) is 5.75 Å². The normalized spacial score (nSPS) is 12.3. The van der Waals surface area contributed by atoms with E-state index in [0.29, 0.717) is 5.75 Å². The summed E-state index contributed by atoms with van der Waals surface area (Å²) < 4.78 is 0. The average molecular weight is 304 g/mol. The van der Waals surface area contributed by atoms with Gasteiger partial charge < -0.3 is 10.4 Å². The molecule has 1 unspecified atom stereocenters. The van der Waals surface area contributed by atoms with Gasteiger partial charge in [-0.15, -0.1) is 0 Å². The molecule has 0 saturated carbocycles. The van der Waals surface area contributed by atoms with Gasteiger partial charge in [0.05, 0.1) is 6.04 Å². The Bertz CT molecular complexity index is 491. The third-order valence-electron chi connectivity index (χ3n) is 3.56. The number of phenols is 1. The zero-order chi connectivity index (χ0) is 15.1. The van der Waals surface area contributed by atoms with Crippen LogP contribution in [0.25, 0.3) is 0 Å². The van der Waals surface area contributed by atoms with Crippen LogP contribution in [0.4, 0.5) is 0 Å². The minimum atomic E-state index is 0.125. The number of phenolic OH excluding ortho intramolecular Hbond substituents is 1. The summed E-state index contributed by atoms with van der Waals surface area (Å²) in [4.78, 5) is 0. The first kappa shape index (κ1) is 15.9. The summed E-state index contributed by atoms with van der Waals surface area (Å²) in [5.74, 6) is 0.291. The predicted molar refractivity (Wildman–Crippen MR) is 88.9 cm³/mol. The van der Waals surface area contributed by atoms with Gasteiger partial charge in [0.1, 0.15) is 5.75 Å². The second kappa shape index (κ2) is 8.06. The first-order valence-corrected chi connectivity index (χ1v) is 7.86. The molecule has 2 aromatic carbocycles. The molecule has 0 amide bonds. The van der Waals surface area contributed by atoms with E-state index in [-0.39, 0.29) is 6.04 Å². The Kier molecular flexibility index (Phi) is 6.09. The van der Waals surface area contributed by atoms with Crippen LogP contribution in [-0.2, 0) is 0 Å². The summed E-state index contributed by atoms with van der Waals surface area (Å²) >= 11 is 5.98. The van der Waals surface area contributed by atoms with Gasteiger partial charge in [0, 0.05) is 5.02 Å². The molecule has 2 rings (SSSR count). The SMILES string of the molecule is CCCCCNC(c1ccc(O)cc1)c1ccc(Cl)cc1. The Morgan fingerprint density at radius 2 is 1.52 bits per heavy atom. The molecule has 0 bridgehead atoms. The maximum atomic E-state index is 9.45. The van der Waals surface area contributed by atoms with E-state index in [1.165, 1.54) is 24.8 Å². The smallest absolute Gasteiger partial charge is 0.115 e. The van der Waals surface area contributed by atoms with Crippen LogP contribution in [0, 0.1) is 0 Å². The van der Waals surface area contributed by atoms with Crippen molar-refractivity contribution in [1.82, 2.24) is 5.32 Å². The summed E-state index contributed by atoms with van der Waals surface area (Å²) in [7, 11) is 0. The number of hydrogen-bond donors (Lipinski definition) is 2. The Hall–Kier alpha value is -1.51. The number of hydrogen-bond acceptors (Lipinski definition) is 2. The molecule has 0 aliphatic carbocycles. The molecule has 0 heterocycles. The Morgan fingerprint density at radius 3 is 2.10 bits per heavy atom. The van der Waals surface area contributed by atoms with Gasteiger partial charge in [-0.05, 0) is 48.4 Å². The molecule has 1 atom stereocenters. The van der Waals surface area contributed by atoms with E-state index in [9.17, 15) is 5.11 Å². The first-order chi connectivity index (χ1) is 10.2. The van der Waals surface area contributed by atoms with Crippen LogP contribution in [0.3, 0.4) is 0 Å². The summed E-state index contributed by atoms with van der Waals surface area (Å²) in [5, 5.41) is 13.8. The third-order valence-corrected chi connectivity index (χ3v) is 3.81. The quantitative estimate of drug-likeness (QED) is 0.712. The molecule has 2 nitrogen and oxygen atoms in total. The minimum Gasteiger partial charge on any atom is -0.508 e. The van der Waals surface area contributed by atoms with Crippen LogP contribution in [-0.4, -0.2) is 11.7 Å². The number of benzene rings is 2. The number of aromatic hydroxyl groups is 1. The fourth-order valence-electron chi connectivity index (χ4n) is 2.37. The van der Waals surface area contributed by atoms with Crippen LogP contribution >= 0.6 is 11.6 Å². The molecule has 0 radical (unpaired) electrons. The molecule has 0 aliphatic rings. The van der Waals surface area contributed by atoms with Gasteiger partial charge in [-0.1, -0.05) is 55.6 Å². The molecule has 112 valence electrons. The molecule has 2 aromatic rings. The monoisotopic (exact) mass is 303 g/mol. The summed E-state index contributed by atoms with van der Waals surface area (Å²) in [5.41, 5.74) is 2.33. The molecule has 0 fully saturated rings. The second-order valence-corrected chi connectivity index (χ2v) is 5.67. The van der Waals surface area contributed by atoms with E-state index in [2.05, 4.69) is 12.2 Å². The van der Waals surface area contributed by atoms with Gasteiger partial charge in [-0.2, -0.15) is 0 Å². The topological polar surface area (TPSA) is 32.3 Å². The van der Waals surface area contributed by atoms with Crippen LogP contribution in [0.1, 0.15) is 43.4 Å². The molecule has 0 aliphatic heterocycles. The highest BCUT2D eigenvalue weighted by molar-refractivity contribution is 6.30. The van der Waals surface area contributed by atoms with E-state index in [1.807, 2.05) is 36.4 Å². The molecule has 3 heteroatoms. The Morgan fingerprint density at radius 1 is 0.952 bits per heavy atom. The molecule has 21 heavy (non-hydrogen) atoms. The molecular weight excluding hydrogens is 282 g/mol. The highest BCUT2D eigenvalue weighted by Crippen LogP contribution is 2.25. The van der Waals surface area contributed by atoms with E-state index in [1.54, 1.807) is 12.1 Å².